The molecule has 0 spiro atoms. The third-order valence-electron chi connectivity index (χ3n) is 2.60. The van der Waals surface area contributed by atoms with Gasteiger partial charge in [-0.3, -0.25) is 23.5 Å². The Bertz CT molecular complexity index is 547. The lowest BCUT2D eigenvalue weighted by molar-refractivity contribution is 0.922. The number of rotatable bonds is 3. The maximum atomic E-state index is 3.18. The number of halogens is 5. The summed E-state index contributed by atoms with van der Waals surface area (Å²) >= 11 is 1.57. The first-order valence-electron chi connectivity index (χ1n) is 6.20. The summed E-state index contributed by atoms with van der Waals surface area (Å²) in [5, 5.41) is 3.14. The minimum atomic E-state index is 0. The van der Waals surface area contributed by atoms with E-state index in [4.69, 9.17) is 0 Å². The number of thioether (sulfide) groups is 1. The second-order valence-corrected chi connectivity index (χ2v) is 4.97. The molecule has 0 unspecified atom stereocenters. The van der Waals surface area contributed by atoms with Crippen molar-refractivity contribution in [3.63, 3.8) is 0 Å². The fourth-order valence-corrected chi connectivity index (χ4v) is 2.26. The molecule has 0 aliphatic carbocycles. The summed E-state index contributed by atoms with van der Waals surface area (Å²) in [4.78, 5) is 1.19. The van der Waals surface area contributed by atoms with Crippen molar-refractivity contribution in [3.05, 3.63) is 65.7 Å². The Morgan fingerprint density at radius 2 is 1.35 bits per heavy atom. The van der Waals surface area contributed by atoms with Crippen molar-refractivity contribution in [1.82, 2.24) is 0 Å². The zero-order valence-electron chi connectivity index (χ0n) is 12.6. The molecule has 6 heteroatoms. The van der Waals surface area contributed by atoms with Crippen LogP contribution in [0, 0.1) is 11.2 Å². The smallest absolute Gasteiger partial charge is 0.0254 e. The molecule has 23 heavy (non-hydrogen) atoms. The van der Waals surface area contributed by atoms with E-state index in [-0.39, 0.29) is 23.5 Å². The molecule has 0 nitrogen and oxygen atoms in total. The van der Waals surface area contributed by atoms with Crippen LogP contribution < -0.4 is 0 Å². The van der Waals surface area contributed by atoms with Crippen LogP contribution in [0.2, 0.25) is 0 Å². The highest BCUT2D eigenvalue weighted by Crippen LogP contribution is 2.15. The van der Waals surface area contributed by atoms with Crippen molar-refractivity contribution < 1.29 is 23.5 Å². The minimum absolute atomic E-state index is 0. The Labute approximate surface area is 137 Å². The summed E-state index contributed by atoms with van der Waals surface area (Å²) in [7, 11) is 0. The molecule has 0 aliphatic heterocycles. The van der Waals surface area contributed by atoms with E-state index in [0.29, 0.717) is 0 Å². The van der Waals surface area contributed by atoms with Gasteiger partial charge in [-0.1, -0.05) is 49.6 Å². The molecule has 0 aliphatic rings. The molecular weight excluding hydrogens is 331 g/mol. The molecule has 0 saturated heterocycles. The van der Waals surface area contributed by atoms with E-state index >= 15 is 0 Å². The molecule has 0 aromatic heterocycles. The van der Waals surface area contributed by atoms with Crippen LogP contribution in [0.15, 0.2) is 59.5 Å². The summed E-state index contributed by atoms with van der Waals surface area (Å²) in [6, 6.07) is 18.8. The Morgan fingerprint density at radius 1 is 0.783 bits per heavy atom. The molecule has 2 rings (SSSR count). The summed E-state index contributed by atoms with van der Waals surface area (Å²) in [5.74, 6) is 3.18. The zero-order chi connectivity index (χ0) is 12.6. The van der Waals surface area contributed by atoms with Crippen molar-refractivity contribution >= 4 is 11.8 Å². The third-order valence-corrected chi connectivity index (χ3v) is 3.31. The van der Waals surface area contributed by atoms with Crippen molar-refractivity contribution in [1.29, 1.82) is 0 Å². The van der Waals surface area contributed by atoms with Gasteiger partial charge in [-0.05, 0) is 53.3 Å². The molecule has 0 amide bonds. The largest absolute Gasteiger partial charge is 0.269 e. The fourth-order valence-electron chi connectivity index (χ4n) is 1.68. The average Bonchev–Trinajstić information content (AvgIpc) is 2.42. The number of hydrogen-bond acceptors (Lipinski definition) is 1. The average molecular weight is 352 g/mol. The second-order valence-electron chi connectivity index (χ2n) is 4.09. The Morgan fingerprint density at radius 3 is 1.87 bits per heavy atom. The molecule has 2 aromatic carbocycles. The predicted molar refractivity (Wildman–Crippen MR) is 92.1 cm³/mol. The van der Waals surface area contributed by atoms with E-state index in [2.05, 4.69) is 54.5 Å². The first kappa shape index (κ1) is 29.1. The van der Waals surface area contributed by atoms with Gasteiger partial charge in [0.2, 0.25) is 0 Å². The molecule has 0 radical (unpaired) electrons. The van der Waals surface area contributed by atoms with Gasteiger partial charge < -0.3 is 0 Å². The van der Waals surface area contributed by atoms with Crippen LogP contribution in [0.25, 0.3) is 0 Å². The van der Waals surface area contributed by atoms with Gasteiger partial charge in [0.25, 0.3) is 0 Å². The first-order chi connectivity index (χ1) is 8.88. The molecule has 0 bridgehead atoms. The van der Waals surface area contributed by atoms with E-state index in [1.807, 2.05) is 18.2 Å². The molecule has 0 saturated carbocycles. The predicted octanol–water partition coefficient (Wildman–Crippen LogP) is 5.50. The van der Waals surface area contributed by atoms with Gasteiger partial charge in [-0.15, -0.1) is 0 Å². The summed E-state index contributed by atoms with van der Waals surface area (Å²) in [5.41, 5.74) is 2.47. The van der Waals surface area contributed by atoms with Gasteiger partial charge in [0.15, 0.2) is 0 Å². The summed E-state index contributed by atoms with van der Waals surface area (Å²) in [6.07, 6.45) is 2.33. The van der Waals surface area contributed by atoms with Crippen molar-refractivity contribution in [2.24, 2.45) is 0 Å². The van der Waals surface area contributed by atoms with Crippen LogP contribution in [0.3, 0.4) is 0 Å². The normalized spacial score (nSPS) is 7.52. The molecule has 2 aromatic rings. The maximum Gasteiger partial charge on any atom is 0.0254 e. The Hall–Kier alpha value is -2.00. The van der Waals surface area contributed by atoms with Crippen molar-refractivity contribution in [3.8, 4) is 11.2 Å². The molecular formula is C17H21F5S. The Balaban J connectivity index is -0.000000361. The van der Waals surface area contributed by atoms with Crippen molar-refractivity contribution in [2.75, 3.05) is 0 Å². The monoisotopic (exact) mass is 352 g/mol. The van der Waals surface area contributed by atoms with E-state index in [1.165, 1.54) is 16.9 Å². The SMILES string of the molecule is CCCc1ccc(C#CSc2ccccc2)cc1.F.F.F.F.F. The van der Waals surface area contributed by atoms with Gasteiger partial charge in [0, 0.05) is 10.5 Å². The van der Waals surface area contributed by atoms with Gasteiger partial charge in [0.05, 0.1) is 0 Å². The van der Waals surface area contributed by atoms with Gasteiger partial charge in [-0.2, -0.15) is 0 Å². The van der Waals surface area contributed by atoms with E-state index in [9.17, 15) is 0 Å². The highest BCUT2D eigenvalue weighted by atomic mass is 32.2. The summed E-state index contributed by atoms with van der Waals surface area (Å²) in [6.45, 7) is 2.20. The van der Waals surface area contributed by atoms with E-state index in [1.54, 1.807) is 11.8 Å². The van der Waals surface area contributed by atoms with Gasteiger partial charge in [-0.25, -0.2) is 0 Å². The molecule has 0 atom stereocenters. The van der Waals surface area contributed by atoms with Crippen LogP contribution >= 0.6 is 11.8 Å². The quantitative estimate of drug-likeness (QED) is 0.399. The van der Waals surface area contributed by atoms with Gasteiger partial charge in [0.1, 0.15) is 0 Å². The highest BCUT2D eigenvalue weighted by Gasteiger charge is 1.91. The van der Waals surface area contributed by atoms with Crippen LogP contribution in [0.5, 0.6) is 0 Å². The van der Waals surface area contributed by atoms with Crippen LogP contribution in [-0.4, -0.2) is 0 Å². The third kappa shape index (κ3) is 10.4. The van der Waals surface area contributed by atoms with Crippen LogP contribution in [-0.2, 0) is 6.42 Å². The maximum absolute atomic E-state index is 3.18. The molecule has 0 fully saturated rings. The molecule has 0 heterocycles. The zero-order valence-corrected chi connectivity index (χ0v) is 13.4. The number of hydrogen-bond donors (Lipinski definition) is 0. The lowest BCUT2D eigenvalue weighted by Gasteiger charge is -1.97. The highest BCUT2D eigenvalue weighted by molar-refractivity contribution is 8.03. The molecule has 0 N–H and O–H groups in total. The van der Waals surface area contributed by atoms with Crippen molar-refractivity contribution in [2.45, 2.75) is 24.7 Å². The number of aryl methyl sites for hydroxylation is 1. The summed E-state index contributed by atoms with van der Waals surface area (Å²) < 4.78 is 0. The van der Waals surface area contributed by atoms with E-state index < -0.39 is 0 Å². The fraction of sp³-hybridized carbons (Fsp3) is 0.176. The lowest BCUT2D eigenvalue weighted by Crippen LogP contribution is -1.82. The Kier molecular flexibility index (Phi) is 20.7. The number of benzene rings is 2. The van der Waals surface area contributed by atoms with Crippen LogP contribution in [0.4, 0.5) is 23.5 Å². The minimum Gasteiger partial charge on any atom is -0.269 e. The topological polar surface area (TPSA) is 0 Å². The standard InChI is InChI=1S/C17H16S.5FH/c1-2-6-15-9-11-16(12-10-15)13-14-18-17-7-4-3-5-8-17;;;;;/h3-5,7-12H,2,6H2,1H3;5*1H. The van der Waals surface area contributed by atoms with E-state index in [0.717, 1.165) is 12.0 Å². The first-order valence-corrected chi connectivity index (χ1v) is 7.02. The molecule has 130 valence electrons. The van der Waals surface area contributed by atoms with Gasteiger partial charge >= 0.3 is 0 Å². The lowest BCUT2D eigenvalue weighted by atomic mass is 10.1. The van der Waals surface area contributed by atoms with Crippen LogP contribution in [0.1, 0.15) is 24.5 Å². The second kappa shape index (κ2) is 16.4.